The third-order valence-electron chi connectivity index (χ3n) is 5.37. The van der Waals surface area contributed by atoms with Crippen LogP contribution in [0.2, 0.25) is 0 Å². The number of aromatic nitrogens is 2. The summed E-state index contributed by atoms with van der Waals surface area (Å²) in [7, 11) is -5.81. The molecule has 1 spiro atoms. The lowest BCUT2D eigenvalue weighted by Gasteiger charge is -2.34. The molecule has 0 bridgehead atoms. The highest BCUT2D eigenvalue weighted by molar-refractivity contribution is 7.98. The molecule has 0 amide bonds. The van der Waals surface area contributed by atoms with Crippen molar-refractivity contribution in [1.29, 1.82) is 0 Å². The van der Waals surface area contributed by atoms with Crippen LogP contribution < -0.4 is 4.18 Å². The Morgan fingerprint density at radius 2 is 1.93 bits per heavy atom. The zero-order valence-electron chi connectivity index (χ0n) is 15.6. The second-order valence-corrected chi connectivity index (χ2v) is 9.44. The fourth-order valence-corrected chi connectivity index (χ4v) is 4.93. The number of hydrogen-bond acceptors (Lipinski definition) is 6. The minimum absolute atomic E-state index is 0.167. The smallest absolute Gasteiger partial charge is 0.355 e. The molecule has 10 heteroatoms. The van der Waals surface area contributed by atoms with E-state index >= 15 is 0 Å². The van der Waals surface area contributed by atoms with Crippen LogP contribution in [-0.4, -0.2) is 30.1 Å². The molecule has 0 saturated heterocycles. The summed E-state index contributed by atoms with van der Waals surface area (Å²) in [4.78, 5) is 8.38. The van der Waals surface area contributed by atoms with Gasteiger partial charge >= 0.3 is 15.6 Å². The van der Waals surface area contributed by atoms with Crippen LogP contribution in [0.5, 0.6) is 5.88 Å². The summed E-state index contributed by atoms with van der Waals surface area (Å²) in [6.07, 6.45) is 5.19. The van der Waals surface area contributed by atoms with Gasteiger partial charge in [-0.25, -0.2) is 4.98 Å². The summed E-state index contributed by atoms with van der Waals surface area (Å²) >= 11 is 1.11. The van der Waals surface area contributed by atoms with Crippen LogP contribution in [0.3, 0.4) is 0 Å². The molecule has 0 fully saturated rings. The van der Waals surface area contributed by atoms with E-state index in [1.807, 2.05) is 25.1 Å². The molecule has 154 valence electrons. The molecule has 1 unspecified atom stereocenters. The number of allylic oxidation sites excluding steroid dienone is 2. The molecule has 1 heterocycles. The van der Waals surface area contributed by atoms with Crippen LogP contribution in [0.15, 0.2) is 35.5 Å². The summed E-state index contributed by atoms with van der Waals surface area (Å²) < 4.78 is 65.9. The van der Waals surface area contributed by atoms with E-state index < -0.39 is 21.5 Å². The fraction of sp³-hybridized carbons (Fsp3) is 0.368. The minimum Gasteiger partial charge on any atom is -0.355 e. The van der Waals surface area contributed by atoms with Gasteiger partial charge in [0.1, 0.15) is 0 Å². The van der Waals surface area contributed by atoms with Gasteiger partial charge in [0.25, 0.3) is 0 Å². The number of benzene rings is 1. The number of nitrogens with zero attached hydrogens (tertiary/aromatic N) is 2. The van der Waals surface area contributed by atoms with Gasteiger partial charge in [-0.15, -0.1) is 0 Å². The zero-order valence-corrected chi connectivity index (χ0v) is 17.2. The summed E-state index contributed by atoms with van der Waals surface area (Å²) in [5, 5.41) is 0.167. The highest BCUT2D eigenvalue weighted by Crippen LogP contribution is 2.49. The maximum absolute atomic E-state index is 12.8. The molecule has 5 nitrogen and oxygen atoms in total. The summed E-state index contributed by atoms with van der Waals surface area (Å²) in [6.45, 7) is 2.03. The van der Waals surface area contributed by atoms with Crippen LogP contribution in [0.25, 0.3) is 5.57 Å². The van der Waals surface area contributed by atoms with Crippen molar-refractivity contribution in [1.82, 2.24) is 9.97 Å². The van der Waals surface area contributed by atoms with E-state index in [-0.39, 0.29) is 10.6 Å². The molecule has 0 aliphatic heterocycles. The molecule has 0 N–H and O–H groups in total. The van der Waals surface area contributed by atoms with Crippen molar-refractivity contribution in [3.8, 4) is 5.88 Å². The molecule has 2 aliphatic carbocycles. The van der Waals surface area contributed by atoms with Crippen LogP contribution in [-0.2, 0) is 28.4 Å². The van der Waals surface area contributed by atoms with Crippen molar-refractivity contribution >= 4 is 27.5 Å². The average Bonchev–Trinajstić information content (AvgIpc) is 2.92. The second-order valence-electron chi connectivity index (χ2n) is 7.13. The number of alkyl halides is 3. The van der Waals surface area contributed by atoms with E-state index in [2.05, 4.69) is 26.3 Å². The highest BCUT2D eigenvalue weighted by atomic mass is 32.2. The van der Waals surface area contributed by atoms with Crippen LogP contribution >= 0.6 is 11.8 Å². The van der Waals surface area contributed by atoms with E-state index in [9.17, 15) is 21.6 Å². The molecule has 1 aromatic carbocycles. The largest absolute Gasteiger partial charge is 0.534 e. The monoisotopic (exact) mass is 442 g/mol. The lowest BCUT2D eigenvalue weighted by molar-refractivity contribution is -0.0502. The van der Waals surface area contributed by atoms with Crippen LogP contribution in [0.4, 0.5) is 13.2 Å². The standard InChI is InChI=1S/C19H17F3N2O3S2/c1-11-9-18(14-6-4-3-5-12(11)14)8-7-13-15(10-18)23-17(28-2)24-16(13)27-29(25,26)19(20,21)22/h3-6,9H,7-8,10H2,1-2H3. The molecule has 1 atom stereocenters. The SMILES string of the molecule is CSc1nc2c(c(OS(=O)(=O)C(F)(F)F)n1)CCC1(C=C(C)c3ccccc31)C2. The Morgan fingerprint density at radius 3 is 2.62 bits per heavy atom. The van der Waals surface area contributed by atoms with Gasteiger partial charge in [-0.3, -0.25) is 0 Å². The first-order valence-electron chi connectivity index (χ1n) is 8.80. The Labute approximate surface area is 170 Å². The van der Waals surface area contributed by atoms with Crippen LogP contribution in [0.1, 0.15) is 35.7 Å². The third kappa shape index (κ3) is 3.31. The molecule has 2 aromatic rings. The first-order chi connectivity index (χ1) is 13.6. The van der Waals surface area contributed by atoms with Crippen LogP contribution in [0, 0.1) is 0 Å². The van der Waals surface area contributed by atoms with Gasteiger partial charge in [-0.05, 0) is 42.7 Å². The average molecular weight is 442 g/mol. The molecule has 0 saturated carbocycles. The first kappa shape index (κ1) is 20.2. The maximum Gasteiger partial charge on any atom is 0.534 e. The minimum atomic E-state index is -5.81. The van der Waals surface area contributed by atoms with Crippen molar-refractivity contribution in [2.45, 2.75) is 42.3 Å². The normalized spacial score (nSPS) is 20.9. The van der Waals surface area contributed by atoms with Gasteiger partial charge in [0, 0.05) is 17.4 Å². The Bertz CT molecular complexity index is 1130. The Morgan fingerprint density at radius 1 is 1.21 bits per heavy atom. The summed E-state index contributed by atoms with van der Waals surface area (Å²) in [5.74, 6) is -0.529. The predicted octanol–water partition coefficient (Wildman–Crippen LogP) is 4.27. The maximum atomic E-state index is 12.8. The van der Waals surface area contributed by atoms with Gasteiger partial charge < -0.3 is 4.18 Å². The number of halogens is 3. The molecule has 0 radical (unpaired) electrons. The molecular formula is C19H17F3N2O3S2. The van der Waals surface area contributed by atoms with Gasteiger partial charge in [-0.1, -0.05) is 42.1 Å². The second kappa shape index (κ2) is 6.73. The molecule has 4 rings (SSSR count). The molecule has 2 aliphatic rings. The first-order valence-corrected chi connectivity index (χ1v) is 11.4. The van der Waals surface area contributed by atoms with Crippen molar-refractivity contribution in [3.63, 3.8) is 0 Å². The Hall–Kier alpha value is -2.07. The topological polar surface area (TPSA) is 69.2 Å². The fourth-order valence-electron chi connectivity index (χ4n) is 4.11. The lowest BCUT2D eigenvalue weighted by Crippen LogP contribution is -2.33. The van der Waals surface area contributed by atoms with E-state index in [0.717, 1.165) is 28.5 Å². The van der Waals surface area contributed by atoms with Gasteiger partial charge in [0.15, 0.2) is 5.16 Å². The third-order valence-corrected chi connectivity index (χ3v) is 6.87. The number of hydrogen-bond donors (Lipinski definition) is 0. The number of fused-ring (bicyclic) bond motifs is 3. The van der Waals surface area contributed by atoms with Crippen molar-refractivity contribution in [2.75, 3.05) is 6.26 Å². The molecule has 1 aromatic heterocycles. The lowest BCUT2D eigenvalue weighted by atomic mass is 9.70. The van der Waals surface area contributed by atoms with Gasteiger partial charge in [-0.2, -0.15) is 26.6 Å². The summed E-state index contributed by atoms with van der Waals surface area (Å²) in [6, 6.07) is 8.02. The van der Waals surface area contributed by atoms with E-state index in [1.165, 1.54) is 0 Å². The zero-order chi connectivity index (χ0) is 21.0. The van der Waals surface area contributed by atoms with E-state index in [1.54, 1.807) is 6.26 Å². The number of thioether (sulfide) groups is 1. The van der Waals surface area contributed by atoms with E-state index in [0.29, 0.717) is 30.5 Å². The summed E-state index contributed by atoms with van der Waals surface area (Å²) in [5.41, 5.74) is -1.58. The highest BCUT2D eigenvalue weighted by Gasteiger charge is 2.50. The Balaban J connectivity index is 1.79. The van der Waals surface area contributed by atoms with Gasteiger partial charge in [0.05, 0.1) is 5.69 Å². The van der Waals surface area contributed by atoms with E-state index in [4.69, 9.17) is 0 Å². The van der Waals surface area contributed by atoms with Crippen molar-refractivity contribution in [3.05, 3.63) is 52.7 Å². The van der Waals surface area contributed by atoms with Crippen molar-refractivity contribution < 1.29 is 25.8 Å². The number of rotatable bonds is 3. The molecular weight excluding hydrogens is 425 g/mol. The molecule has 29 heavy (non-hydrogen) atoms. The Kier molecular flexibility index (Phi) is 4.69. The predicted molar refractivity (Wildman–Crippen MR) is 103 cm³/mol. The van der Waals surface area contributed by atoms with Gasteiger partial charge in [0.2, 0.25) is 5.88 Å². The van der Waals surface area contributed by atoms with Crippen molar-refractivity contribution in [2.24, 2.45) is 0 Å². The quantitative estimate of drug-likeness (QED) is 0.306.